The first-order valence-electron chi connectivity index (χ1n) is 7.76. The molecule has 122 valence electrons. The summed E-state index contributed by atoms with van der Waals surface area (Å²) < 4.78 is 5.07. The van der Waals surface area contributed by atoms with Gasteiger partial charge in [0.25, 0.3) is 0 Å². The zero-order chi connectivity index (χ0) is 16.4. The topological polar surface area (TPSA) is 68.2 Å². The molecule has 2 aromatic heterocycles. The molecule has 23 heavy (non-hydrogen) atoms. The van der Waals surface area contributed by atoms with Gasteiger partial charge in [-0.2, -0.15) is 11.8 Å². The van der Waals surface area contributed by atoms with Crippen LogP contribution in [0.4, 0.5) is 5.82 Å². The zero-order valence-corrected chi connectivity index (χ0v) is 14.4. The van der Waals surface area contributed by atoms with Gasteiger partial charge in [-0.25, -0.2) is 19.7 Å². The number of thioether (sulfide) groups is 1. The van der Waals surface area contributed by atoms with Crippen LogP contribution in [0.3, 0.4) is 0 Å². The normalized spacial score (nSPS) is 15.0. The minimum atomic E-state index is -0.497. The highest BCUT2D eigenvalue weighted by molar-refractivity contribution is 7.99. The molecule has 0 saturated carbocycles. The summed E-state index contributed by atoms with van der Waals surface area (Å²) in [7, 11) is 0. The number of anilines is 1. The molecule has 1 aliphatic heterocycles. The van der Waals surface area contributed by atoms with Crippen LogP contribution in [0.1, 0.15) is 28.8 Å². The van der Waals surface area contributed by atoms with Gasteiger partial charge in [-0.3, -0.25) is 0 Å². The van der Waals surface area contributed by atoms with E-state index in [-0.39, 0.29) is 5.82 Å². The van der Waals surface area contributed by atoms with Gasteiger partial charge in [0.15, 0.2) is 5.65 Å². The maximum atomic E-state index is 12.1. The molecule has 0 bridgehead atoms. The molecule has 7 heteroatoms. The Morgan fingerprint density at radius 3 is 2.70 bits per heavy atom. The fourth-order valence-corrected chi connectivity index (χ4v) is 3.65. The van der Waals surface area contributed by atoms with Crippen molar-refractivity contribution in [2.75, 3.05) is 36.1 Å². The van der Waals surface area contributed by atoms with E-state index in [2.05, 4.69) is 19.9 Å². The second-order valence-corrected chi connectivity index (χ2v) is 6.69. The van der Waals surface area contributed by atoms with E-state index in [1.807, 2.05) is 31.7 Å². The van der Waals surface area contributed by atoms with Crippen molar-refractivity contribution < 1.29 is 9.53 Å². The van der Waals surface area contributed by atoms with Crippen LogP contribution < -0.4 is 4.90 Å². The fraction of sp³-hybridized carbons (Fsp3) is 0.500. The number of fused-ring (bicyclic) bond motifs is 1. The van der Waals surface area contributed by atoms with Gasteiger partial charge in [0.1, 0.15) is 5.82 Å². The number of esters is 1. The molecule has 0 spiro atoms. The van der Waals surface area contributed by atoms with Gasteiger partial charge < -0.3 is 9.64 Å². The SMILES string of the molecule is CCOC(=O)c1nc(N2CCSCC2)c2c(C)cc(C)nc2n1. The quantitative estimate of drug-likeness (QED) is 0.799. The van der Waals surface area contributed by atoms with Crippen LogP contribution in [0.25, 0.3) is 11.0 Å². The van der Waals surface area contributed by atoms with Crippen LogP contribution in [0, 0.1) is 13.8 Å². The molecule has 0 aliphatic carbocycles. The summed E-state index contributed by atoms with van der Waals surface area (Å²) in [5.74, 6) is 2.49. The fourth-order valence-electron chi connectivity index (χ4n) is 2.75. The zero-order valence-electron chi connectivity index (χ0n) is 13.6. The number of pyridine rings is 1. The lowest BCUT2D eigenvalue weighted by Gasteiger charge is -2.28. The summed E-state index contributed by atoms with van der Waals surface area (Å²) in [6, 6.07) is 2.03. The highest BCUT2D eigenvalue weighted by atomic mass is 32.2. The van der Waals surface area contributed by atoms with Crippen LogP contribution in [0.5, 0.6) is 0 Å². The van der Waals surface area contributed by atoms with Crippen LogP contribution in [0.2, 0.25) is 0 Å². The summed E-state index contributed by atoms with van der Waals surface area (Å²) >= 11 is 1.93. The third kappa shape index (κ3) is 3.24. The van der Waals surface area contributed by atoms with E-state index in [0.717, 1.165) is 47.1 Å². The van der Waals surface area contributed by atoms with Crippen LogP contribution in [0.15, 0.2) is 6.07 Å². The number of carbonyl (C=O) groups is 1. The predicted molar refractivity (Wildman–Crippen MR) is 92.3 cm³/mol. The molecule has 1 saturated heterocycles. The van der Waals surface area contributed by atoms with Gasteiger partial charge in [-0.15, -0.1) is 0 Å². The maximum Gasteiger partial charge on any atom is 0.376 e. The molecule has 0 radical (unpaired) electrons. The lowest BCUT2D eigenvalue weighted by molar-refractivity contribution is 0.0512. The standard InChI is InChI=1S/C16H20N4O2S/c1-4-22-16(21)14-18-13-12(10(2)9-11(3)17-13)15(19-14)20-5-7-23-8-6-20/h9H,4-8H2,1-3H3. The second-order valence-electron chi connectivity index (χ2n) is 5.47. The van der Waals surface area contributed by atoms with Crippen molar-refractivity contribution in [2.24, 2.45) is 0 Å². The number of hydrogen-bond acceptors (Lipinski definition) is 7. The third-order valence-electron chi connectivity index (χ3n) is 3.74. The summed E-state index contributed by atoms with van der Waals surface area (Å²) in [6.07, 6.45) is 0. The summed E-state index contributed by atoms with van der Waals surface area (Å²) in [6.45, 7) is 7.85. The van der Waals surface area contributed by atoms with Crippen LogP contribution in [-0.4, -0.2) is 52.1 Å². The first kappa shape index (κ1) is 16.0. The Balaban J connectivity index is 2.18. The Morgan fingerprint density at radius 2 is 2.00 bits per heavy atom. The van der Waals surface area contributed by atoms with E-state index >= 15 is 0 Å². The smallest absolute Gasteiger partial charge is 0.376 e. The number of carbonyl (C=O) groups excluding carboxylic acids is 1. The Bertz CT molecular complexity index is 744. The van der Waals surface area contributed by atoms with Crippen molar-refractivity contribution >= 4 is 34.6 Å². The molecule has 1 fully saturated rings. The van der Waals surface area contributed by atoms with Gasteiger partial charge in [-0.1, -0.05) is 0 Å². The molecule has 3 rings (SSSR count). The number of aryl methyl sites for hydroxylation is 2. The highest BCUT2D eigenvalue weighted by Crippen LogP contribution is 2.28. The average molecular weight is 332 g/mol. The molecular formula is C16H20N4O2S. The van der Waals surface area contributed by atoms with Crippen molar-refractivity contribution in [1.29, 1.82) is 0 Å². The van der Waals surface area contributed by atoms with Crippen molar-refractivity contribution in [3.63, 3.8) is 0 Å². The molecule has 3 heterocycles. The molecule has 0 unspecified atom stereocenters. The Morgan fingerprint density at radius 1 is 1.26 bits per heavy atom. The Labute approximate surface area is 139 Å². The van der Waals surface area contributed by atoms with E-state index in [1.54, 1.807) is 6.92 Å². The van der Waals surface area contributed by atoms with Gasteiger partial charge in [-0.05, 0) is 32.4 Å². The van der Waals surface area contributed by atoms with Crippen molar-refractivity contribution in [3.05, 3.63) is 23.1 Å². The first-order chi connectivity index (χ1) is 11.1. The van der Waals surface area contributed by atoms with Crippen molar-refractivity contribution in [1.82, 2.24) is 15.0 Å². The lowest BCUT2D eigenvalue weighted by atomic mass is 10.1. The van der Waals surface area contributed by atoms with E-state index in [4.69, 9.17) is 4.74 Å². The molecule has 6 nitrogen and oxygen atoms in total. The lowest BCUT2D eigenvalue weighted by Crippen LogP contribution is -2.34. The minimum Gasteiger partial charge on any atom is -0.460 e. The van der Waals surface area contributed by atoms with Gasteiger partial charge >= 0.3 is 5.97 Å². The van der Waals surface area contributed by atoms with E-state index in [0.29, 0.717) is 12.3 Å². The van der Waals surface area contributed by atoms with Crippen LogP contribution in [-0.2, 0) is 4.74 Å². The van der Waals surface area contributed by atoms with Gasteiger partial charge in [0, 0.05) is 30.3 Å². The number of hydrogen-bond donors (Lipinski definition) is 0. The van der Waals surface area contributed by atoms with Crippen molar-refractivity contribution in [2.45, 2.75) is 20.8 Å². The Hall–Kier alpha value is -1.89. The molecule has 0 aromatic carbocycles. The van der Waals surface area contributed by atoms with Gasteiger partial charge in [0.2, 0.25) is 5.82 Å². The maximum absolute atomic E-state index is 12.1. The number of rotatable bonds is 3. The second kappa shape index (κ2) is 6.70. The number of aromatic nitrogens is 3. The first-order valence-corrected chi connectivity index (χ1v) is 8.91. The number of ether oxygens (including phenoxy) is 1. The summed E-state index contributed by atoms with van der Waals surface area (Å²) in [4.78, 5) is 27.7. The summed E-state index contributed by atoms with van der Waals surface area (Å²) in [5, 5.41) is 0.926. The molecule has 1 aliphatic rings. The molecule has 2 aromatic rings. The summed E-state index contributed by atoms with van der Waals surface area (Å²) in [5.41, 5.74) is 2.52. The monoisotopic (exact) mass is 332 g/mol. The van der Waals surface area contributed by atoms with E-state index < -0.39 is 5.97 Å². The average Bonchev–Trinajstić information content (AvgIpc) is 2.54. The highest BCUT2D eigenvalue weighted by Gasteiger charge is 2.22. The molecular weight excluding hydrogens is 312 g/mol. The molecule has 0 amide bonds. The van der Waals surface area contributed by atoms with Crippen LogP contribution >= 0.6 is 11.8 Å². The van der Waals surface area contributed by atoms with E-state index in [1.165, 1.54) is 0 Å². The van der Waals surface area contributed by atoms with E-state index in [9.17, 15) is 4.79 Å². The number of nitrogens with zero attached hydrogens (tertiary/aromatic N) is 4. The Kier molecular flexibility index (Phi) is 4.66. The minimum absolute atomic E-state index is 0.0880. The molecule has 0 atom stereocenters. The molecule has 0 N–H and O–H groups in total. The van der Waals surface area contributed by atoms with Crippen molar-refractivity contribution in [3.8, 4) is 0 Å². The van der Waals surface area contributed by atoms with Gasteiger partial charge in [0.05, 0.1) is 12.0 Å². The largest absolute Gasteiger partial charge is 0.460 e. The third-order valence-corrected chi connectivity index (χ3v) is 4.68. The predicted octanol–water partition coefficient (Wildman–Crippen LogP) is 2.37.